The summed E-state index contributed by atoms with van der Waals surface area (Å²) < 4.78 is 40.3. The lowest BCUT2D eigenvalue weighted by molar-refractivity contribution is 0.256. The van der Waals surface area contributed by atoms with E-state index in [1.807, 2.05) is 11.6 Å². The highest BCUT2D eigenvalue weighted by Crippen LogP contribution is 2.38. The number of rotatable bonds is 3. The molecule has 3 rings (SSSR count). The van der Waals surface area contributed by atoms with Crippen molar-refractivity contribution in [1.29, 1.82) is 0 Å². The number of nitrogens with one attached hydrogen (secondary N) is 2. The first-order valence-corrected chi connectivity index (χ1v) is 8.63. The third kappa shape index (κ3) is 2.68. The van der Waals surface area contributed by atoms with Gasteiger partial charge in [-0.3, -0.25) is 0 Å². The minimum atomic E-state index is -3.90. The Kier molecular flexibility index (Phi) is 3.81. The van der Waals surface area contributed by atoms with Crippen LogP contribution in [-0.2, 0) is 10.0 Å². The van der Waals surface area contributed by atoms with E-state index in [-0.39, 0.29) is 22.3 Å². The number of halogens is 1. The molecule has 2 aromatic rings. The number of hydrogen-bond acceptors (Lipinski definition) is 3. The molecule has 5 nitrogen and oxygen atoms in total. The van der Waals surface area contributed by atoms with Gasteiger partial charge < -0.3 is 5.32 Å². The highest BCUT2D eigenvalue weighted by molar-refractivity contribution is 7.90. The van der Waals surface area contributed by atoms with Crippen molar-refractivity contribution < 1.29 is 17.6 Å². The van der Waals surface area contributed by atoms with Gasteiger partial charge in [0.15, 0.2) is 0 Å². The number of para-hydroxylation sites is 1. The fraction of sp³-hybridized carbons (Fsp3) is 0.188. The van der Waals surface area contributed by atoms with Crippen LogP contribution in [0.4, 0.5) is 14.9 Å². The molecule has 0 saturated carbocycles. The lowest BCUT2D eigenvalue weighted by Gasteiger charge is -2.25. The predicted molar refractivity (Wildman–Crippen MR) is 84.3 cm³/mol. The first-order chi connectivity index (χ1) is 10.9. The van der Waals surface area contributed by atoms with Gasteiger partial charge in [-0.1, -0.05) is 37.3 Å². The first-order valence-electron chi connectivity index (χ1n) is 7.15. The van der Waals surface area contributed by atoms with E-state index in [0.717, 1.165) is 0 Å². The van der Waals surface area contributed by atoms with Gasteiger partial charge in [0.2, 0.25) is 0 Å². The molecular weight excluding hydrogens is 319 g/mol. The van der Waals surface area contributed by atoms with E-state index >= 15 is 0 Å². The Morgan fingerprint density at radius 2 is 1.78 bits per heavy atom. The number of sulfonamides is 1. The summed E-state index contributed by atoms with van der Waals surface area (Å²) in [4.78, 5) is 11.6. The SMILES string of the molecule is CCC(c1ccccc1F)c1cccc2c1NC(=O)NS2(=O)=O. The van der Waals surface area contributed by atoms with Crippen molar-refractivity contribution in [3.05, 3.63) is 59.4 Å². The molecule has 1 atom stereocenters. The first kappa shape index (κ1) is 15.5. The number of anilines is 1. The van der Waals surface area contributed by atoms with Gasteiger partial charge in [-0.25, -0.2) is 22.3 Å². The van der Waals surface area contributed by atoms with Gasteiger partial charge in [0.05, 0.1) is 5.69 Å². The summed E-state index contributed by atoms with van der Waals surface area (Å²) in [5.74, 6) is -0.722. The zero-order chi connectivity index (χ0) is 16.6. The molecule has 1 aliphatic rings. The van der Waals surface area contributed by atoms with Crippen LogP contribution in [0.1, 0.15) is 30.4 Å². The standard InChI is InChI=1S/C16H15FN2O3S/c1-2-10(11-6-3-4-8-13(11)17)12-7-5-9-14-15(12)18-16(20)19-23(14,21)22/h3-10H,2H2,1H3,(H2,18,19,20). The zero-order valence-corrected chi connectivity index (χ0v) is 13.2. The van der Waals surface area contributed by atoms with Crippen LogP contribution in [0, 0.1) is 5.82 Å². The second-order valence-electron chi connectivity index (χ2n) is 5.26. The summed E-state index contributed by atoms with van der Waals surface area (Å²) in [6.45, 7) is 1.88. The van der Waals surface area contributed by atoms with Crippen LogP contribution in [0.5, 0.6) is 0 Å². The minimum Gasteiger partial charge on any atom is -0.306 e. The molecule has 0 aromatic heterocycles. The number of hydrogen-bond donors (Lipinski definition) is 2. The van der Waals surface area contributed by atoms with E-state index in [1.165, 1.54) is 12.1 Å². The van der Waals surface area contributed by atoms with E-state index in [0.29, 0.717) is 17.5 Å². The van der Waals surface area contributed by atoms with E-state index in [2.05, 4.69) is 5.32 Å². The van der Waals surface area contributed by atoms with E-state index in [4.69, 9.17) is 0 Å². The molecule has 1 aliphatic heterocycles. The van der Waals surface area contributed by atoms with E-state index in [9.17, 15) is 17.6 Å². The highest BCUT2D eigenvalue weighted by Gasteiger charge is 2.31. The molecule has 0 aliphatic carbocycles. The number of amides is 2. The predicted octanol–water partition coefficient (Wildman–Crippen LogP) is 3.19. The van der Waals surface area contributed by atoms with Crippen molar-refractivity contribution in [2.75, 3.05) is 5.32 Å². The van der Waals surface area contributed by atoms with Gasteiger partial charge in [-0.05, 0) is 29.7 Å². The second-order valence-corrected chi connectivity index (χ2v) is 6.91. The van der Waals surface area contributed by atoms with Gasteiger partial charge in [0.1, 0.15) is 10.7 Å². The molecule has 2 N–H and O–H groups in total. The molecule has 0 fully saturated rings. The second kappa shape index (κ2) is 5.66. The Hall–Kier alpha value is -2.41. The van der Waals surface area contributed by atoms with Crippen LogP contribution in [0.3, 0.4) is 0 Å². The lowest BCUT2D eigenvalue weighted by atomic mass is 9.87. The van der Waals surface area contributed by atoms with Crippen LogP contribution in [0.15, 0.2) is 47.4 Å². The number of carbonyl (C=O) groups is 1. The average Bonchev–Trinajstić information content (AvgIpc) is 2.49. The molecule has 0 saturated heterocycles. The maximum absolute atomic E-state index is 14.2. The summed E-state index contributed by atoms with van der Waals surface area (Å²) in [5, 5.41) is 2.54. The third-order valence-electron chi connectivity index (χ3n) is 3.88. The van der Waals surface area contributed by atoms with Gasteiger partial charge in [0.25, 0.3) is 10.0 Å². The summed E-state index contributed by atoms with van der Waals surface area (Å²) in [6, 6.07) is 10.3. The normalized spacial score (nSPS) is 16.9. The number of urea groups is 1. The van der Waals surface area contributed by atoms with Crippen LogP contribution >= 0.6 is 0 Å². The van der Waals surface area contributed by atoms with Crippen LogP contribution < -0.4 is 10.0 Å². The topological polar surface area (TPSA) is 75.3 Å². The fourth-order valence-corrected chi connectivity index (χ4v) is 3.98. The van der Waals surface area contributed by atoms with Crippen LogP contribution in [-0.4, -0.2) is 14.4 Å². The molecule has 1 heterocycles. The van der Waals surface area contributed by atoms with E-state index < -0.39 is 16.1 Å². The van der Waals surface area contributed by atoms with Gasteiger partial charge in [-0.2, -0.15) is 0 Å². The Balaban J connectivity index is 2.21. The summed E-state index contributed by atoms with van der Waals surface area (Å²) in [5.41, 5.74) is 1.26. The van der Waals surface area contributed by atoms with Gasteiger partial charge >= 0.3 is 6.03 Å². The summed E-state index contributed by atoms with van der Waals surface area (Å²) >= 11 is 0. The Bertz CT molecular complexity index is 881. The minimum absolute atomic E-state index is 0.00982. The number of carbonyl (C=O) groups excluding carboxylic acids is 1. The Labute approximate surface area is 133 Å². The lowest BCUT2D eigenvalue weighted by Crippen LogP contribution is -2.39. The molecule has 2 amide bonds. The summed E-state index contributed by atoms with van der Waals surface area (Å²) in [7, 11) is -3.90. The molecule has 0 bridgehead atoms. The number of fused-ring (bicyclic) bond motifs is 1. The third-order valence-corrected chi connectivity index (χ3v) is 5.25. The molecule has 2 aromatic carbocycles. The van der Waals surface area contributed by atoms with Crippen molar-refractivity contribution in [2.45, 2.75) is 24.2 Å². The van der Waals surface area contributed by atoms with Crippen molar-refractivity contribution in [3.63, 3.8) is 0 Å². The quantitative estimate of drug-likeness (QED) is 0.905. The van der Waals surface area contributed by atoms with Crippen LogP contribution in [0.2, 0.25) is 0 Å². The molecule has 120 valence electrons. The van der Waals surface area contributed by atoms with Gasteiger partial charge in [-0.15, -0.1) is 0 Å². The van der Waals surface area contributed by atoms with Crippen molar-refractivity contribution in [3.8, 4) is 0 Å². The van der Waals surface area contributed by atoms with Crippen molar-refractivity contribution in [2.24, 2.45) is 0 Å². The zero-order valence-electron chi connectivity index (χ0n) is 12.3. The van der Waals surface area contributed by atoms with Crippen molar-refractivity contribution in [1.82, 2.24) is 4.72 Å². The molecule has 1 unspecified atom stereocenters. The monoisotopic (exact) mass is 334 g/mol. The molecular formula is C16H15FN2O3S. The molecule has 0 radical (unpaired) electrons. The molecule has 7 heteroatoms. The van der Waals surface area contributed by atoms with Gasteiger partial charge in [0, 0.05) is 5.92 Å². The average molecular weight is 334 g/mol. The Morgan fingerprint density at radius 3 is 2.48 bits per heavy atom. The maximum atomic E-state index is 14.2. The largest absolute Gasteiger partial charge is 0.333 e. The highest BCUT2D eigenvalue weighted by atomic mass is 32.2. The maximum Gasteiger partial charge on any atom is 0.333 e. The van der Waals surface area contributed by atoms with Crippen molar-refractivity contribution >= 4 is 21.7 Å². The van der Waals surface area contributed by atoms with Crippen LogP contribution in [0.25, 0.3) is 0 Å². The number of benzene rings is 2. The Morgan fingerprint density at radius 1 is 1.09 bits per heavy atom. The molecule has 23 heavy (non-hydrogen) atoms. The fourth-order valence-electron chi connectivity index (χ4n) is 2.88. The smallest absolute Gasteiger partial charge is 0.306 e. The molecule has 0 spiro atoms. The van der Waals surface area contributed by atoms with E-state index in [1.54, 1.807) is 30.3 Å². The summed E-state index contributed by atoms with van der Waals surface area (Å²) in [6.07, 6.45) is 0.556.